The van der Waals surface area contributed by atoms with E-state index in [9.17, 15) is 0 Å². The molecule has 0 saturated heterocycles. The molecule has 0 amide bonds. The molecule has 117 valence electrons. The Kier molecular flexibility index (Phi) is 10.5. The van der Waals surface area contributed by atoms with Gasteiger partial charge in [0.05, 0.1) is 0 Å². The molecule has 0 radical (unpaired) electrons. The molecule has 0 spiro atoms. The van der Waals surface area contributed by atoms with Crippen molar-refractivity contribution in [2.45, 2.75) is 98.6 Å². The predicted molar refractivity (Wildman–Crippen MR) is 88.6 cm³/mol. The van der Waals surface area contributed by atoms with E-state index < -0.39 is 13.8 Å². The fourth-order valence-electron chi connectivity index (χ4n) is 2.13. The second-order valence-electron chi connectivity index (χ2n) is 5.51. The number of hydrogen-bond acceptors (Lipinski definition) is 0. The molecule has 0 nitrogen and oxygen atoms in total. The SMILES string of the molecule is CCC[CH2][Pd]([PH2])([CH2]CCC)([CH2]CCC)[CH2]CCC. The van der Waals surface area contributed by atoms with Crippen LogP contribution in [0.1, 0.15) is 79.1 Å². The Labute approximate surface area is 120 Å². The Morgan fingerprint density at radius 3 is 0.944 bits per heavy atom. The summed E-state index contributed by atoms with van der Waals surface area (Å²) in [6, 6.07) is 0. The van der Waals surface area contributed by atoms with E-state index in [-0.39, 0.29) is 0 Å². The van der Waals surface area contributed by atoms with Gasteiger partial charge in [0, 0.05) is 0 Å². The first kappa shape index (κ1) is 19.1. The summed E-state index contributed by atoms with van der Waals surface area (Å²) in [4.78, 5) is 6.32. The first-order valence-electron chi connectivity index (χ1n) is 7.91. The van der Waals surface area contributed by atoms with Crippen molar-refractivity contribution >= 4 is 7.43 Å². The van der Waals surface area contributed by atoms with Gasteiger partial charge in [-0.15, -0.1) is 0 Å². The Morgan fingerprint density at radius 2 is 0.778 bits per heavy atom. The van der Waals surface area contributed by atoms with Crippen LogP contribution in [0.15, 0.2) is 0 Å². The van der Waals surface area contributed by atoms with Crippen LogP contribution < -0.4 is 0 Å². The van der Waals surface area contributed by atoms with Crippen molar-refractivity contribution in [3.63, 3.8) is 0 Å². The van der Waals surface area contributed by atoms with E-state index in [0.717, 1.165) is 0 Å². The quantitative estimate of drug-likeness (QED) is 0.250. The van der Waals surface area contributed by atoms with E-state index in [1.165, 1.54) is 51.4 Å². The van der Waals surface area contributed by atoms with Crippen LogP contribution in [0.5, 0.6) is 0 Å². The van der Waals surface area contributed by atoms with Crippen molar-refractivity contribution in [1.82, 2.24) is 0 Å². The molecule has 0 aliphatic carbocycles. The Bertz CT molecular complexity index is 160. The van der Waals surface area contributed by atoms with Gasteiger partial charge in [-0.1, -0.05) is 0 Å². The summed E-state index contributed by atoms with van der Waals surface area (Å²) < 4.78 is 0. The molecule has 0 aromatic carbocycles. The van der Waals surface area contributed by atoms with E-state index >= 15 is 0 Å². The van der Waals surface area contributed by atoms with Crippen molar-refractivity contribution < 1.29 is 13.8 Å². The molecule has 18 heavy (non-hydrogen) atoms. The molecule has 2 heteroatoms. The maximum atomic E-state index is 3.54. The van der Waals surface area contributed by atoms with Gasteiger partial charge in [0.15, 0.2) is 0 Å². The van der Waals surface area contributed by atoms with Crippen LogP contribution in [0.3, 0.4) is 0 Å². The predicted octanol–water partition coefficient (Wildman–Crippen LogP) is 7.34. The standard InChI is InChI=1S/4C4H9.H2P.Pd/c4*1-3-4-2;;/h4*1,3-4H2,2H3;1H2;/q;;;;-1;+1. The van der Waals surface area contributed by atoms with Crippen molar-refractivity contribution in [1.29, 1.82) is 0 Å². The summed E-state index contributed by atoms with van der Waals surface area (Å²) in [5.41, 5.74) is 0. The first-order chi connectivity index (χ1) is 8.54. The van der Waals surface area contributed by atoms with Gasteiger partial charge in [0.1, 0.15) is 0 Å². The average molecular weight is 368 g/mol. The van der Waals surface area contributed by atoms with E-state index in [4.69, 9.17) is 0 Å². The van der Waals surface area contributed by atoms with Gasteiger partial charge in [-0.05, 0) is 0 Å². The second kappa shape index (κ2) is 9.91. The van der Waals surface area contributed by atoms with Crippen LogP contribution in [0, 0.1) is 0 Å². The van der Waals surface area contributed by atoms with E-state index in [2.05, 4.69) is 35.1 Å². The van der Waals surface area contributed by atoms with Gasteiger partial charge in [0.2, 0.25) is 0 Å². The molecule has 0 aromatic heterocycles. The third-order valence-electron chi connectivity index (χ3n) is 3.57. The molecule has 0 heterocycles. The van der Waals surface area contributed by atoms with Gasteiger partial charge < -0.3 is 0 Å². The Hall–Kier alpha value is 1.09. The molecular weight excluding hydrogens is 330 g/mol. The van der Waals surface area contributed by atoms with Crippen LogP contribution in [0.4, 0.5) is 0 Å². The van der Waals surface area contributed by atoms with Crippen LogP contribution >= 0.6 is 7.43 Å². The minimum absolute atomic E-state index is 1.38. The Morgan fingerprint density at radius 1 is 0.556 bits per heavy atom. The minimum atomic E-state index is -1.83. The van der Waals surface area contributed by atoms with Crippen molar-refractivity contribution in [2.75, 3.05) is 0 Å². The van der Waals surface area contributed by atoms with Crippen LogP contribution in [-0.4, -0.2) is 0 Å². The molecular formula is C16H38PPd. The summed E-state index contributed by atoms with van der Waals surface area (Å²) in [7, 11) is 3.54. The summed E-state index contributed by atoms with van der Waals surface area (Å²) >= 11 is -1.83. The van der Waals surface area contributed by atoms with Gasteiger partial charge in [-0.3, -0.25) is 0 Å². The maximum absolute atomic E-state index is 3.54. The zero-order valence-corrected chi connectivity index (χ0v) is 16.1. The first-order valence-corrected chi connectivity index (χ1v) is 15.4. The molecule has 1 atom stereocenters. The monoisotopic (exact) mass is 367 g/mol. The summed E-state index contributed by atoms with van der Waals surface area (Å²) in [6.45, 7) is 9.43. The van der Waals surface area contributed by atoms with Gasteiger partial charge in [-0.2, -0.15) is 0 Å². The second-order valence-corrected chi connectivity index (χ2v) is 21.9. The third-order valence-corrected chi connectivity index (χ3v) is 18.5. The van der Waals surface area contributed by atoms with Crippen LogP contribution in [0.25, 0.3) is 0 Å². The van der Waals surface area contributed by atoms with Crippen LogP contribution in [0.2, 0.25) is 19.6 Å². The molecule has 0 N–H and O–H groups in total. The van der Waals surface area contributed by atoms with Gasteiger partial charge >= 0.3 is 120 Å². The molecule has 0 rings (SSSR count). The van der Waals surface area contributed by atoms with E-state index in [1.807, 2.05) is 0 Å². The third kappa shape index (κ3) is 7.03. The molecule has 1 unspecified atom stereocenters. The van der Waals surface area contributed by atoms with E-state index in [1.54, 1.807) is 19.6 Å². The molecule has 0 aromatic rings. The summed E-state index contributed by atoms with van der Waals surface area (Å²) in [5, 5.41) is 0. The molecule has 0 fully saturated rings. The zero-order chi connectivity index (χ0) is 13.9. The molecule has 0 aliphatic rings. The normalized spacial score (nSPS) is 14.4. The fraction of sp³-hybridized carbons (Fsp3) is 1.00. The number of rotatable bonds is 12. The average Bonchev–Trinajstić information content (AvgIpc) is 2.40. The van der Waals surface area contributed by atoms with Crippen molar-refractivity contribution in [3.05, 3.63) is 0 Å². The van der Waals surface area contributed by atoms with Crippen molar-refractivity contribution in [3.8, 4) is 0 Å². The number of hydrogen-bond donors (Lipinski definition) is 0. The zero-order valence-electron chi connectivity index (χ0n) is 13.4. The topological polar surface area (TPSA) is 0 Å². The van der Waals surface area contributed by atoms with Crippen LogP contribution in [-0.2, 0) is 13.8 Å². The van der Waals surface area contributed by atoms with E-state index in [0.29, 0.717) is 0 Å². The molecule has 0 saturated carbocycles. The van der Waals surface area contributed by atoms with Crippen molar-refractivity contribution in [2.24, 2.45) is 0 Å². The summed E-state index contributed by atoms with van der Waals surface area (Å²) in [5.74, 6) is 0. The van der Waals surface area contributed by atoms with Gasteiger partial charge in [-0.25, -0.2) is 0 Å². The fourth-order valence-corrected chi connectivity index (χ4v) is 15.6. The molecule has 0 aliphatic heterocycles. The Balaban J connectivity index is 4.82. The van der Waals surface area contributed by atoms with Gasteiger partial charge in [0.25, 0.3) is 0 Å². The molecule has 0 bridgehead atoms. The number of unbranched alkanes of at least 4 members (excludes halogenated alkanes) is 4. The summed E-state index contributed by atoms with van der Waals surface area (Å²) in [6.07, 6.45) is 11.4.